The molecule has 2 aromatic carbocycles. The molecule has 0 saturated carbocycles. The average molecular weight is 451 g/mol. The minimum absolute atomic E-state index is 0.0941. The summed E-state index contributed by atoms with van der Waals surface area (Å²) < 4.78 is 13.5. The lowest BCUT2D eigenvalue weighted by Crippen LogP contribution is -2.50. The highest BCUT2D eigenvalue weighted by atomic mass is 35.5. The number of carbonyl (C=O) groups excluding carboxylic acids is 2. The van der Waals surface area contributed by atoms with Gasteiger partial charge in [0.2, 0.25) is 0 Å². The van der Waals surface area contributed by atoms with Crippen LogP contribution in [0.3, 0.4) is 0 Å². The maximum absolute atomic E-state index is 13.2. The summed E-state index contributed by atoms with van der Waals surface area (Å²) >= 11 is 6.22. The van der Waals surface area contributed by atoms with Gasteiger partial charge in [-0.3, -0.25) is 4.79 Å². The lowest BCUT2D eigenvalue weighted by atomic mass is 9.86. The molecule has 32 heavy (non-hydrogen) atoms. The summed E-state index contributed by atoms with van der Waals surface area (Å²) in [4.78, 5) is 27.0. The highest BCUT2D eigenvalue weighted by molar-refractivity contribution is 6.30. The molecule has 0 atom stereocenters. The van der Waals surface area contributed by atoms with Crippen LogP contribution in [0, 0.1) is 6.92 Å². The van der Waals surface area contributed by atoms with Gasteiger partial charge in [-0.2, -0.15) is 0 Å². The second kappa shape index (κ2) is 7.71. The Balaban J connectivity index is 1.40. The first-order valence-corrected chi connectivity index (χ1v) is 10.9. The molecule has 0 aliphatic carbocycles. The molecule has 3 aromatic rings. The summed E-state index contributed by atoms with van der Waals surface area (Å²) in [5.41, 5.74) is 3.25. The van der Waals surface area contributed by atoms with Crippen molar-refractivity contribution in [1.82, 2.24) is 9.47 Å². The van der Waals surface area contributed by atoms with Gasteiger partial charge in [0, 0.05) is 48.8 Å². The van der Waals surface area contributed by atoms with E-state index in [1.807, 2.05) is 42.3 Å². The number of amides is 1. The molecule has 2 aliphatic heterocycles. The molecule has 0 bridgehead atoms. The van der Waals surface area contributed by atoms with Gasteiger partial charge in [-0.25, -0.2) is 4.79 Å². The third-order valence-electron chi connectivity index (χ3n) is 6.31. The zero-order chi connectivity index (χ0) is 22.5. The molecule has 3 heterocycles. The topological polar surface area (TPSA) is 60.8 Å². The van der Waals surface area contributed by atoms with Crippen LogP contribution >= 0.6 is 11.6 Å². The Labute approximate surface area is 191 Å². The van der Waals surface area contributed by atoms with E-state index in [0.717, 1.165) is 22.7 Å². The number of aromatic nitrogens is 1. The molecule has 7 heteroatoms. The van der Waals surface area contributed by atoms with Crippen molar-refractivity contribution in [2.45, 2.75) is 25.4 Å². The highest BCUT2D eigenvalue weighted by Crippen LogP contribution is 2.45. The molecule has 2 aliphatic rings. The zero-order valence-corrected chi connectivity index (χ0v) is 18.7. The van der Waals surface area contributed by atoms with E-state index in [1.54, 1.807) is 18.2 Å². The number of rotatable bonds is 2. The van der Waals surface area contributed by atoms with Crippen molar-refractivity contribution in [2.75, 3.05) is 20.2 Å². The van der Waals surface area contributed by atoms with Crippen LogP contribution in [-0.2, 0) is 10.3 Å². The summed E-state index contributed by atoms with van der Waals surface area (Å²) in [6.07, 6.45) is 3.35. The molecule has 0 radical (unpaired) electrons. The average Bonchev–Trinajstić information content (AvgIpc) is 3.29. The van der Waals surface area contributed by atoms with Gasteiger partial charge in [0.05, 0.1) is 24.1 Å². The number of piperidine rings is 1. The van der Waals surface area contributed by atoms with E-state index in [0.29, 0.717) is 42.1 Å². The lowest BCUT2D eigenvalue weighted by Gasteiger charge is -2.45. The van der Waals surface area contributed by atoms with Crippen LogP contribution in [0.1, 0.15) is 44.8 Å². The highest BCUT2D eigenvalue weighted by Gasteiger charge is 2.44. The Hall–Kier alpha value is -3.25. The van der Waals surface area contributed by atoms with Crippen LogP contribution in [0.15, 0.2) is 54.7 Å². The van der Waals surface area contributed by atoms with Gasteiger partial charge in [-0.05, 0) is 55.0 Å². The Bertz CT molecular complexity index is 1220. The number of aryl methyl sites for hydroxylation is 1. The van der Waals surface area contributed by atoms with Crippen molar-refractivity contribution in [2.24, 2.45) is 0 Å². The van der Waals surface area contributed by atoms with Crippen molar-refractivity contribution in [1.29, 1.82) is 0 Å². The Morgan fingerprint density at radius 3 is 2.56 bits per heavy atom. The third-order valence-corrected chi connectivity index (χ3v) is 6.54. The van der Waals surface area contributed by atoms with Gasteiger partial charge in [0.1, 0.15) is 5.75 Å². The molecule has 0 N–H and O–H groups in total. The number of methoxy groups -OCH3 is 1. The van der Waals surface area contributed by atoms with Crippen LogP contribution in [-0.4, -0.2) is 41.5 Å². The van der Waals surface area contributed by atoms with Gasteiger partial charge in [0.15, 0.2) is 5.60 Å². The van der Waals surface area contributed by atoms with E-state index in [-0.39, 0.29) is 5.91 Å². The van der Waals surface area contributed by atoms with Crippen molar-refractivity contribution in [3.05, 3.63) is 82.1 Å². The number of hydrogen-bond acceptors (Lipinski definition) is 4. The van der Waals surface area contributed by atoms with Crippen molar-refractivity contribution in [3.8, 4) is 11.4 Å². The molecule has 5 rings (SSSR count). The minimum atomic E-state index is -0.512. The first-order chi connectivity index (χ1) is 15.4. The maximum atomic E-state index is 13.2. The van der Waals surface area contributed by atoms with Crippen molar-refractivity contribution < 1.29 is 19.1 Å². The molecular weight excluding hydrogens is 428 g/mol. The Morgan fingerprint density at radius 1 is 1.06 bits per heavy atom. The van der Waals surface area contributed by atoms with Gasteiger partial charge < -0.3 is 18.9 Å². The number of esters is 1. The van der Waals surface area contributed by atoms with Gasteiger partial charge in [-0.15, -0.1) is 0 Å². The largest absolute Gasteiger partial charge is 0.479 e. The summed E-state index contributed by atoms with van der Waals surface area (Å²) in [6, 6.07) is 14.9. The zero-order valence-electron chi connectivity index (χ0n) is 17.9. The second-order valence-corrected chi connectivity index (χ2v) is 8.78. The van der Waals surface area contributed by atoms with E-state index in [1.165, 1.54) is 7.11 Å². The Kier molecular flexibility index (Phi) is 4.97. The summed E-state index contributed by atoms with van der Waals surface area (Å²) in [5, 5.41) is 0.628. The predicted octanol–water partition coefficient (Wildman–Crippen LogP) is 4.75. The van der Waals surface area contributed by atoms with Crippen LogP contribution in [0.2, 0.25) is 5.02 Å². The molecule has 1 saturated heterocycles. The van der Waals surface area contributed by atoms with Crippen LogP contribution in [0.25, 0.3) is 5.69 Å². The summed E-state index contributed by atoms with van der Waals surface area (Å²) in [6.45, 7) is 2.95. The number of likely N-dealkylation sites (tertiary alicyclic amines) is 1. The molecule has 0 unspecified atom stereocenters. The smallest absolute Gasteiger partial charge is 0.337 e. The molecule has 1 aromatic heterocycles. The third kappa shape index (κ3) is 3.35. The van der Waals surface area contributed by atoms with E-state index in [9.17, 15) is 9.59 Å². The fourth-order valence-electron chi connectivity index (χ4n) is 4.75. The number of benzene rings is 2. The second-order valence-electron chi connectivity index (χ2n) is 8.34. The van der Waals surface area contributed by atoms with Crippen LogP contribution in [0.5, 0.6) is 5.75 Å². The number of nitrogens with zero attached hydrogens (tertiary/aromatic N) is 2. The fourth-order valence-corrected chi connectivity index (χ4v) is 4.91. The molecule has 6 nitrogen and oxygen atoms in total. The fraction of sp³-hybridized carbons (Fsp3) is 0.280. The standard InChI is InChI=1S/C25H23ClN2O4/c1-16-12-17(14-18(13-16)24(30)31-2)23(29)27-10-7-25(8-11-27)22-4-3-9-28(22)20-6-5-19(26)15-21(20)32-25/h3-6,9,12-15H,7-8,10-11H2,1-2H3. The number of ether oxygens (including phenoxy) is 2. The summed E-state index contributed by atoms with van der Waals surface area (Å²) in [5.74, 6) is 0.208. The quantitative estimate of drug-likeness (QED) is 0.528. The molecule has 1 spiro atoms. The van der Waals surface area contributed by atoms with Crippen molar-refractivity contribution >= 4 is 23.5 Å². The predicted molar refractivity (Wildman–Crippen MR) is 121 cm³/mol. The first-order valence-electron chi connectivity index (χ1n) is 10.6. The first kappa shape index (κ1) is 20.6. The lowest BCUT2D eigenvalue weighted by molar-refractivity contribution is -0.00930. The molecule has 164 valence electrons. The van der Waals surface area contributed by atoms with E-state index < -0.39 is 11.6 Å². The SMILES string of the molecule is COC(=O)c1cc(C)cc(C(=O)N2CCC3(CC2)Oc2cc(Cl)ccc2-n2cccc23)c1. The summed E-state index contributed by atoms with van der Waals surface area (Å²) in [7, 11) is 1.33. The minimum Gasteiger partial charge on any atom is -0.479 e. The van der Waals surface area contributed by atoms with Crippen molar-refractivity contribution in [3.63, 3.8) is 0 Å². The number of halogens is 1. The molecule has 1 fully saturated rings. The number of fused-ring (bicyclic) bond motifs is 4. The Morgan fingerprint density at radius 2 is 1.81 bits per heavy atom. The molecule has 1 amide bonds. The number of carbonyl (C=O) groups is 2. The van der Waals surface area contributed by atoms with Gasteiger partial charge in [-0.1, -0.05) is 11.6 Å². The normalized spacial score (nSPS) is 16.2. The van der Waals surface area contributed by atoms with E-state index in [4.69, 9.17) is 21.1 Å². The monoisotopic (exact) mass is 450 g/mol. The van der Waals surface area contributed by atoms with E-state index in [2.05, 4.69) is 10.6 Å². The maximum Gasteiger partial charge on any atom is 0.337 e. The van der Waals surface area contributed by atoms with Crippen LogP contribution < -0.4 is 4.74 Å². The van der Waals surface area contributed by atoms with Gasteiger partial charge >= 0.3 is 5.97 Å². The number of hydrogen-bond donors (Lipinski definition) is 0. The van der Waals surface area contributed by atoms with E-state index >= 15 is 0 Å². The van der Waals surface area contributed by atoms with Gasteiger partial charge in [0.25, 0.3) is 5.91 Å². The van der Waals surface area contributed by atoms with Crippen LogP contribution in [0.4, 0.5) is 0 Å². The molecular formula is C25H23ClN2O4.